The molecule has 176 valence electrons. The highest BCUT2D eigenvalue weighted by atomic mass is 35.5. The fourth-order valence-electron chi connectivity index (χ4n) is 3.05. The van der Waals surface area contributed by atoms with Crippen LogP contribution in [0.1, 0.15) is 11.3 Å². The molecule has 1 aromatic heterocycles. The summed E-state index contributed by atoms with van der Waals surface area (Å²) in [6.07, 6.45) is 2.11. The van der Waals surface area contributed by atoms with Crippen molar-refractivity contribution in [3.05, 3.63) is 47.9 Å². The Morgan fingerprint density at radius 3 is 2.38 bits per heavy atom. The van der Waals surface area contributed by atoms with Crippen LogP contribution < -0.4 is 9.47 Å². The van der Waals surface area contributed by atoms with Gasteiger partial charge in [0, 0.05) is 20.2 Å². The largest absolute Gasteiger partial charge is 0.493 e. The summed E-state index contributed by atoms with van der Waals surface area (Å²) in [6, 6.07) is 9.15. The maximum absolute atomic E-state index is 13.1. The minimum Gasteiger partial charge on any atom is -0.493 e. The summed E-state index contributed by atoms with van der Waals surface area (Å²) in [7, 11) is 4.65. The van der Waals surface area contributed by atoms with Gasteiger partial charge in [0.05, 0.1) is 40.2 Å². The SMILES string of the molecule is COCCN(CC(=O)N(CCc1ccc(OC)c(OC)c1)Cc1ccco1)C(=O)C(Cl)Cl. The quantitative estimate of drug-likeness (QED) is 0.404. The van der Waals surface area contributed by atoms with Crippen LogP contribution in [0.4, 0.5) is 0 Å². The van der Waals surface area contributed by atoms with E-state index in [1.165, 1.54) is 12.0 Å². The Bertz CT molecular complexity index is 860. The van der Waals surface area contributed by atoms with Gasteiger partial charge in [-0.05, 0) is 36.2 Å². The van der Waals surface area contributed by atoms with Gasteiger partial charge in [-0.2, -0.15) is 0 Å². The molecule has 0 saturated heterocycles. The second-order valence-electron chi connectivity index (χ2n) is 6.89. The summed E-state index contributed by atoms with van der Waals surface area (Å²) >= 11 is 11.5. The zero-order chi connectivity index (χ0) is 23.5. The molecule has 0 aliphatic rings. The van der Waals surface area contributed by atoms with Crippen LogP contribution >= 0.6 is 23.2 Å². The second-order valence-corrected chi connectivity index (χ2v) is 7.98. The molecule has 0 radical (unpaired) electrons. The van der Waals surface area contributed by atoms with Gasteiger partial charge in [-0.25, -0.2) is 0 Å². The minimum absolute atomic E-state index is 0.176. The van der Waals surface area contributed by atoms with Gasteiger partial charge in [0.15, 0.2) is 16.3 Å². The van der Waals surface area contributed by atoms with Crippen LogP contribution in [0.25, 0.3) is 0 Å². The van der Waals surface area contributed by atoms with Gasteiger partial charge in [-0.1, -0.05) is 29.3 Å². The van der Waals surface area contributed by atoms with Crippen molar-refractivity contribution in [3.63, 3.8) is 0 Å². The monoisotopic (exact) mass is 486 g/mol. The van der Waals surface area contributed by atoms with Gasteiger partial charge in [0.2, 0.25) is 5.91 Å². The molecule has 0 aliphatic carbocycles. The Kier molecular flexibility index (Phi) is 10.7. The number of halogens is 2. The smallest absolute Gasteiger partial charge is 0.256 e. The van der Waals surface area contributed by atoms with Crippen LogP contribution in [0, 0.1) is 0 Å². The zero-order valence-electron chi connectivity index (χ0n) is 18.4. The number of rotatable bonds is 13. The number of methoxy groups -OCH3 is 3. The number of amides is 2. The third-order valence-corrected chi connectivity index (χ3v) is 5.16. The summed E-state index contributed by atoms with van der Waals surface area (Å²) in [5.41, 5.74) is 0.966. The fourth-order valence-corrected chi connectivity index (χ4v) is 3.33. The van der Waals surface area contributed by atoms with Gasteiger partial charge in [-0.15, -0.1) is 0 Å². The first-order valence-corrected chi connectivity index (χ1v) is 10.8. The van der Waals surface area contributed by atoms with Crippen molar-refractivity contribution in [1.82, 2.24) is 9.80 Å². The Labute approximate surface area is 197 Å². The van der Waals surface area contributed by atoms with Crippen LogP contribution in [0.2, 0.25) is 0 Å². The molecular formula is C22H28Cl2N2O6. The lowest BCUT2D eigenvalue weighted by Gasteiger charge is -2.27. The highest BCUT2D eigenvalue weighted by Crippen LogP contribution is 2.27. The molecule has 0 N–H and O–H groups in total. The predicted octanol–water partition coefficient (Wildman–Crippen LogP) is 3.15. The highest BCUT2D eigenvalue weighted by molar-refractivity contribution is 6.53. The standard InChI is InChI=1S/C22H28Cl2N2O6/c1-29-12-10-26(22(28)21(23)24)15-20(27)25(14-17-5-4-11-32-17)9-8-16-6-7-18(30-2)19(13-16)31-3/h4-7,11,13,21H,8-10,12,14-15H2,1-3H3. The molecule has 1 aromatic carbocycles. The molecule has 2 rings (SSSR count). The summed E-state index contributed by atoms with van der Waals surface area (Å²) < 4.78 is 21.1. The predicted molar refractivity (Wildman–Crippen MR) is 121 cm³/mol. The number of alkyl halides is 2. The van der Waals surface area contributed by atoms with Crippen LogP contribution in [0.5, 0.6) is 11.5 Å². The lowest BCUT2D eigenvalue weighted by atomic mass is 10.1. The van der Waals surface area contributed by atoms with Crippen molar-refractivity contribution in [2.45, 2.75) is 17.8 Å². The fraction of sp³-hybridized carbons (Fsp3) is 0.455. The number of nitrogens with zero attached hydrogens (tertiary/aromatic N) is 2. The molecular weight excluding hydrogens is 459 g/mol. The molecule has 2 amide bonds. The number of furan rings is 1. The van der Waals surface area contributed by atoms with E-state index < -0.39 is 10.7 Å². The Morgan fingerprint density at radius 2 is 1.78 bits per heavy atom. The molecule has 0 atom stereocenters. The van der Waals surface area contributed by atoms with Crippen molar-refractivity contribution in [2.75, 3.05) is 47.6 Å². The first kappa shape index (κ1) is 25.8. The van der Waals surface area contributed by atoms with E-state index in [1.54, 1.807) is 37.5 Å². The number of hydrogen-bond acceptors (Lipinski definition) is 6. The minimum atomic E-state index is -1.26. The maximum atomic E-state index is 13.1. The van der Waals surface area contributed by atoms with Crippen LogP contribution in [-0.4, -0.2) is 74.0 Å². The number of benzene rings is 1. The van der Waals surface area contributed by atoms with E-state index >= 15 is 0 Å². The van der Waals surface area contributed by atoms with E-state index in [2.05, 4.69) is 0 Å². The van der Waals surface area contributed by atoms with Crippen molar-refractivity contribution in [1.29, 1.82) is 0 Å². The summed E-state index contributed by atoms with van der Waals surface area (Å²) in [5, 5.41) is 0. The Morgan fingerprint density at radius 1 is 1.03 bits per heavy atom. The number of hydrogen-bond donors (Lipinski definition) is 0. The van der Waals surface area contributed by atoms with E-state index in [0.29, 0.717) is 30.2 Å². The highest BCUT2D eigenvalue weighted by Gasteiger charge is 2.25. The summed E-state index contributed by atoms with van der Waals surface area (Å²) in [4.78, 5) is 27.1. The normalized spacial score (nSPS) is 10.8. The third-order valence-electron chi connectivity index (χ3n) is 4.79. The van der Waals surface area contributed by atoms with Gasteiger partial charge in [0.25, 0.3) is 5.91 Å². The molecule has 0 bridgehead atoms. The average Bonchev–Trinajstić information content (AvgIpc) is 3.31. The van der Waals surface area contributed by atoms with Crippen molar-refractivity contribution < 1.29 is 28.2 Å². The molecule has 0 spiro atoms. The van der Waals surface area contributed by atoms with Crippen LogP contribution in [0.3, 0.4) is 0 Å². The number of carbonyl (C=O) groups excluding carboxylic acids is 2. The lowest BCUT2D eigenvalue weighted by Crippen LogP contribution is -2.46. The van der Waals surface area contributed by atoms with Gasteiger partial charge >= 0.3 is 0 Å². The molecule has 2 aromatic rings. The first-order valence-electron chi connectivity index (χ1n) is 9.96. The molecule has 32 heavy (non-hydrogen) atoms. The number of carbonyl (C=O) groups is 2. The molecule has 0 saturated carbocycles. The second kappa shape index (κ2) is 13.2. The Balaban J connectivity index is 2.14. The van der Waals surface area contributed by atoms with Crippen molar-refractivity contribution >= 4 is 35.0 Å². The van der Waals surface area contributed by atoms with Crippen LogP contribution in [-0.2, 0) is 27.3 Å². The number of ether oxygens (including phenoxy) is 3. The van der Waals surface area contributed by atoms with Gasteiger partial charge < -0.3 is 28.4 Å². The summed E-state index contributed by atoms with van der Waals surface area (Å²) in [6.45, 7) is 0.929. The van der Waals surface area contributed by atoms with Crippen LogP contribution in [0.15, 0.2) is 41.0 Å². The molecule has 0 unspecified atom stereocenters. The Hall–Kier alpha value is -2.42. The van der Waals surface area contributed by atoms with Crippen molar-refractivity contribution in [2.24, 2.45) is 0 Å². The maximum Gasteiger partial charge on any atom is 0.256 e. The van der Waals surface area contributed by atoms with Crippen molar-refractivity contribution in [3.8, 4) is 11.5 Å². The summed E-state index contributed by atoms with van der Waals surface area (Å²) in [5.74, 6) is 1.06. The average molecular weight is 487 g/mol. The zero-order valence-corrected chi connectivity index (χ0v) is 19.9. The lowest BCUT2D eigenvalue weighted by molar-refractivity contribution is -0.140. The van der Waals surface area contributed by atoms with E-state index in [9.17, 15) is 9.59 Å². The molecule has 0 fully saturated rings. The van der Waals surface area contributed by atoms with Gasteiger partial charge in [0.1, 0.15) is 5.76 Å². The molecule has 1 heterocycles. The van der Waals surface area contributed by atoms with E-state index in [1.807, 2.05) is 18.2 Å². The molecule has 8 nitrogen and oxygen atoms in total. The van der Waals surface area contributed by atoms with E-state index in [0.717, 1.165) is 5.56 Å². The molecule has 0 aliphatic heterocycles. The third kappa shape index (κ3) is 7.62. The van der Waals surface area contributed by atoms with E-state index in [4.69, 9.17) is 41.8 Å². The topological polar surface area (TPSA) is 81.5 Å². The van der Waals surface area contributed by atoms with Gasteiger partial charge in [-0.3, -0.25) is 9.59 Å². The first-order chi connectivity index (χ1) is 15.4. The van der Waals surface area contributed by atoms with E-state index in [-0.39, 0.29) is 32.1 Å². The molecule has 10 heteroatoms.